The maximum atomic E-state index is 12.3. The average Bonchev–Trinajstić information content (AvgIpc) is 2.60. The fourth-order valence-electron chi connectivity index (χ4n) is 2.92. The van der Waals surface area contributed by atoms with Crippen LogP contribution >= 0.6 is 0 Å². The van der Waals surface area contributed by atoms with E-state index in [0.717, 1.165) is 38.3 Å². The highest BCUT2D eigenvalue weighted by molar-refractivity contribution is 5.90. The van der Waals surface area contributed by atoms with Crippen LogP contribution in [-0.4, -0.2) is 53.0 Å². The monoisotopic (exact) mass is 359 g/mol. The Morgan fingerprint density at radius 2 is 1.73 bits per heavy atom. The molecule has 0 atom stereocenters. The molecule has 6 nitrogen and oxygen atoms in total. The van der Waals surface area contributed by atoms with Crippen molar-refractivity contribution in [2.45, 2.75) is 33.7 Å². The molecule has 0 bridgehead atoms. The van der Waals surface area contributed by atoms with Crippen molar-refractivity contribution in [2.75, 3.05) is 26.2 Å². The highest BCUT2D eigenvalue weighted by atomic mass is 16.5. The lowest BCUT2D eigenvalue weighted by molar-refractivity contribution is -0.134. The van der Waals surface area contributed by atoms with Crippen LogP contribution in [0.1, 0.15) is 38.3 Å². The molecule has 1 heterocycles. The summed E-state index contributed by atoms with van der Waals surface area (Å²) in [6.45, 7) is 10.5. The highest BCUT2D eigenvalue weighted by Crippen LogP contribution is 2.20. The Bertz CT molecular complexity index is 639. The van der Waals surface area contributed by atoms with Crippen molar-refractivity contribution in [2.24, 2.45) is 5.41 Å². The van der Waals surface area contributed by atoms with Crippen molar-refractivity contribution in [3.63, 3.8) is 0 Å². The van der Waals surface area contributed by atoms with E-state index in [4.69, 9.17) is 5.21 Å². The van der Waals surface area contributed by atoms with Gasteiger partial charge in [-0.1, -0.05) is 45.0 Å². The second kappa shape index (κ2) is 8.96. The minimum atomic E-state index is -0.548. The summed E-state index contributed by atoms with van der Waals surface area (Å²) in [6, 6.07) is 7.96. The van der Waals surface area contributed by atoms with Gasteiger partial charge in [-0.05, 0) is 22.6 Å². The number of hydroxylamine groups is 1. The molecule has 0 aromatic heterocycles. The number of benzene rings is 1. The normalized spacial score (nSPS) is 16.1. The van der Waals surface area contributed by atoms with Crippen LogP contribution < -0.4 is 5.48 Å². The molecule has 2 N–H and O–H groups in total. The van der Waals surface area contributed by atoms with Gasteiger partial charge in [0.05, 0.1) is 0 Å². The lowest BCUT2D eigenvalue weighted by Gasteiger charge is -2.36. The zero-order chi connectivity index (χ0) is 19.2. The number of hydrogen-bond acceptors (Lipinski definition) is 4. The minimum Gasteiger partial charge on any atom is -0.340 e. The second-order valence-corrected chi connectivity index (χ2v) is 7.95. The van der Waals surface area contributed by atoms with Crippen molar-refractivity contribution in [1.82, 2.24) is 15.3 Å². The van der Waals surface area contributed by atoms with E-state index in [1.165, 1.54) is 11.6 Å². The number of piperazine rings is 1. The van der Waals surface area contributed by atoms with Gasteiger partial charge in [0.2, 0.25) is 5.91 Å². The first kappa shape index (κ1) is 20.1. The molecule has 1 fully saturated rings. The van der Waals surface area contributed by atoms with Crippen molar-refractivity contribution in [3.05, 3.63) is 41.5 Å². The molecule has 0 aliphatic carbocycles. The minimum absolute atomic E-state index is 0.0300. The summed E-state index contributed by atoms with van der Waals surface area (Å²) < 4.78 is 0. The number of nitrogens with zero attached hydrogens (tertiary/aromatic N) is 2. The van der Waals surface area contributed by atoms with Crippen LogP contribution in [0.4, 0.5) is 0 Å². The van der Waals surface area contributed by atoms with E-state index < -0.39 is 5.91 Å². The van der Waals surface area contributed by atoms with Crippen molar-refractivity contribution >= 4 is 17.9 Å². The van der Waals surface area contributed by atoms with E-state index in [-0.39, 0.29) is 11.3 Å². The molecule has 1 aliphatic rings. The largest absolute Gasteiger partial charge is 0.340 e. The highest BCUT2D eigenvalue weighted by Gasteiger charge is 2.24. The third-order valence-electron chi connectivity index (χ3n) is 4.33. The third kappa shape index (κ3) is 6.61. The van der Waals surface area contributed by atoms with E-state index in [0.29, 0.717) is 6.42 Å². The molecule has 1 aliphatic heterocycles. The summed E-state index contributed by atoms with van der Waals surface area (Å²) >= 11 is 0. The van der Waals surface area contributed by atoms with Gasteiger partial charge < -0.3 is 4.90 Å². The predicted octanol–water partition coefficient (Wildman–Crippen LogP) is 2.29. The lowest BCUT2D eigenvalue weighted by atomic mass is 9.91. The third-order valence-corrected chi connectivity index (χ3v) is 4.33. The van der Waals surface area contributed by atoms with Gasteiger partial charge in [0.1, 0.15) is 0 Å². The number of hydrogen-bond donors (Lipinski definition) is 2. The number of nitrogens with one attached hydrogen (secondary N) is 1. The van der Waals surface area contributed by atoms with Gasteiger partial charge in [-0.25, -0.2) is 5.48 Å². The number of carbonyl (C=O) groups excluding carboxylic acids is 2. The van der Waals surface area contributed by atoms with Gasteiger partial charge in [0.15, 0.2) is 0 Å². The SMILES string of the molecule is CC(C)(C)CC(=O)N1CCN(Cc2ccc(C=CC(=O)NO)cc2)CC1. The summed E-state index contributed by atoms with van der Waals surface area (Å²) in [5.41, 5.74) is 3.69. The summed E-state index contributed by atoms with van der Waals surface area (Å²) in [7, 11) is 0. The first-order valence-electron chi connectivity index (χ1n) is 8.98. The van der Waals surface area contributed by atoms with Crippen LogP contribution in [0.3, 0.4) is 0 Å². The standard InChI is InChI=1S/C20H29N3O3/c1-20(2,3)14-19(25)23-12-10-22(11-13-23)15-17-6-4-16(5-7-17)8-9-18(24)21-26/h4-9,26H,10-15H2,1-3H3,(H,21,24). The zero-order valence-electron chi connectivity index (χ0n) is 15.9. The Labute approximate surface area is 155 Å². The molecule has 2 amide bonds. The van der Waals surface area contributed by atoms with Crippen LogP contribution in [0.5, 0.6) is 0 Å². The Hall–Kier alpha value is -2.18. The van der Waals surface area contributed by atoms with Crippen LogP contribution in [0.15, 0.2) is 30.3 Å². The Kier molecular flexibility index (Phi) is 6.94. The maximum Gasteiger partial charge on any atom is 0.267 e. The molecule has 0 radical (unpaired) electrons. The van der Waals surface area contributed by atoms with Gasteiger partial charge in [0, 0.05) is 45.2 Å². The second-order valence-electron chi connectivity index (χ2n) is 7.95. The average molecular weight is 359 g/mol. The molecule has 142 valence electrons. The Balaban J connectivity index is 1.81. The fourth-order valence-corrected chi connectivity index (χ4v) is 2.92. The predicted molar refractivity (Wildman–Crippen MR) is 101 cm³/mol. The van der Waals surface area contributed by atoms with E-state index in [2.05, 4.69) is 25.7 Å². The van der Waals surface area contributed by atoms with E-state index in [9.17, 15) is 9.59 Å². The van der Waals surface area contributed by atoms with Crippen LogP contribution in [0.2, 0.25) is 0 Å². The molecule has 0 unspecified atom stereocenters. The number of rotatable bonds is 5. The first-order chi connectivity index (χ1) is 12.3. The molecule has 1 aromatic carbocycles. The Morgan fingerprint density at radius 3 is 2.27 bits per heavy atom. The molecule has 0 spiro atoms. The van der Waals surface area contributed by atoms with Crippen LogP contribution in [0.25, 0.3) is 6.08 Å². The lowest BCUT2D eigenvalue weighted by Crippen LogP contribution is -2.48. The molecular formula is C20H29N3O3. The maximum absolute atomic E-state index is 12.3. The van der Waals surface area contributed by atoms with Gasteiger partial charge in [-0.3, -0.25) is 19.7 Å². The van der Waals surface area contributed by atoms with Crippen molar-refractivity contribution in [3.8, 4) is 0 Å². The topological polar surface area (TPSA) is 72.9 Å². The van der Waals surface area contributed by atoms with Crippen molar-refractivity contribution in [1.29, 1.82) is 0 Å². The zero-order valence-corrected chi connectivity index (χ0v) is 15.9. The molecule has 26 heavy (non-hydrogen) atoms. The summed E-state index contributed by atoms with van der Waals surface area (Å²) in [5.74, 6) is -0.298. The molecular weight excluding hydrogens is 330 g/mol. The van der Waals surface area contributed by atoms with Gasteiger partial charge in [-0.2, -0.15) is 0 Å². The fraction of sp³-hybridized carbons (Fsp3) is 0.500. The Morgan fingerprint density at radius 1 is 1.12 bits per heavy atom. The molecule has 2 rings (SSSR count). The molecule has 6 heteroatoms. The van der Waals surface area contributed by atoms with Gasteiger partial charge in [-0.15, -0.1) is 0 Å². The van der Waals surface area contributed by atoms with E-state index in [1.807, 2.05) is 29.2 Å². The summed E-state index contributed by atoms with van der Waals surface area (Å²) in [5, 5.41) is 8.47. The molecule has 1 saturated heterocycles. The summed E-state index contributed by atoms with van der Waals surface area (Å²) in [4.78, 5) is 27.6. The number of amides is 2. The first-order valence-corrected chi connectivity index (χ1v) is 8.98. The van der Waals surface area contributed by atoms with Crippen molar-refractivity contribution < 1.29 is 14.8 Å². The van der Waals surface area contributed by atoms with Gasteiger partial charge >= 0.3 is 0 Å². The smallest absolute Gasteiger partial charge is 0.267 e. The van der Waals surface area contributed by atoms with Crippen LogP contribution in [-0.2, 0) is 16.1 Å². The van der Waals surface area contributed by atoms with Gasteiger partial charge in [0.25, 0.3) is 5.91 Å². The van der Waals surface area contributed by atoms with E-state index >= 15 is 0 Å². The molecule has 0 saturated carbocycles. The molecule has 1 aromatic rings. The number of carbonyl (C=O) groups is 2. The summed E-state index contributed by atoms with van der Waals surface area (Å²) in [6.07, 6.45) is 3.52. The van der Waals surface area contributed by atoms with E-state index in [1.54, 1.807) is 11.6 Å². The quantitative estimate of drug-likeness (QED) is 0.481. The van der Waals surface area contributed by atoms with Crippen LogP contribution in [0, 0.1) is 5.41 Å².